The third kappa shape index (κ3) is 3.56. The maximum atomic E-state index is 11.6. The van der Waals surface area contributed by atoms with E-state index in [1.165, 1.54) is 7.11 Å². The van der Waals surface area contributed by atoms with E-state index in [2.05, 4.69) is 0 Å². The highest BCUT2D eigenvalue weighted by Gasteiger charge is 2.20. The Kier molecular flexibility index (Phi) is 5.19. The highest BCUT2D eigenvalue weighted by atomic mass is 35.5. The van der Waals surface area contributed by atoms with Gasteiger partial charge in [0.25, 0.3) is 0 Å². The Morgan fingerprint density at radius 1 is 1.40 bits per heavy atom. The number of rotatable bonds is 5. The first-order chi connectivity index (χ1) is 7.29. The predicted octanol–water partition coefficient (Wildman–Crippen LogP) is 2.96. The van der Waals surface area contributed by atoms with E-state index in [1.54, 1.807) is 0 Å². The minimum absolute atomic E-state index is 0.185. The first-order valence-electron chi connectivity index (χ1n) is 4.98. The molecule has 3 heteroatoms. The van der Waals surface area contributed by atoms with Crippen LogP contribution in [0.4, 0.5) is 0 Å². The third-order valence-corrected chi connectivity index (χ3v) is 2.58. The summed E-state index contributed by atoms with van der Waals surface area (Å²) in [7, 11) is 1.42. The van der Waals surface area contributed by atoms with Gasteiger partial charge >= 0.3 is 5.97 Å². The van der Waals surface area contributed by atoms with Crippen LogP contribution in [-0.2, 0) is 9.53 Å². The molecule has 82 valence electrons. The van der Waals surface area contributed by atoms with E-state index >= 15 is 0 Å². The Morgan fingerprint density at radius 2 is 2.07 bits per heavy atom. The highest BCUT2D eigenvalue weighted by molar-refractivity contribution is 6.17. The van der Waals surface area contributed by atoms with E-state index in [-0.39, 0.29) is 11.9 Å². The second-order valence-corrected chi connectivity index (χ2v) is 3.70. The summed E-state index contributed by atoms with van der Waals surface area (Å²) in [4.78, 5) is 11.6. The number of halogens is 1. The molecule has 0 heterocycles. The van der Waals surface area contributed by atoms with Crippen molar-refractivity contribution in [2.45, 2.75) is 18.8 Å². The number of hydrogen-bond acceptors (Lipinski definition) is 2. The van der Waals surface area contributed by atoms with Crippen molar-refractivity contribution in [2.24, 2.45) is 0 Å². The van der Waals surface area contributed by atoms with E-state index in [4.69, 9.17) is 16.3 Å². The van der Waals surface area contributed by atoms with Crippen molar-refractivity contribution in [1.82, 2.24) is 0 Å². The molecule has 0 aromatic heterocycles. The van der Waals surface area contributed by atoms with Crippen LogP contribution in [0.3, 0.4) is 0 Å². The maximum Gasteiger partial charge on any atom is 0.313 e. The summed E-state index contributed by atoms with van der Waals surface area (Å²) >= 11 is 5.63. The van der Waals surface area contributed by atoms with Crippen LogP contribution in [-0.4, -0.2) is 19.0 Å². The van der Waals surface area contributed by atoms with Crippen LogP contribution in [0.2, 0.25) is 0 Å². The number of ether oxygens (including phenoxy) is 1. The van der Waals surface area contributed by atoms with Gasteiger partial charge in [-0.3, -0.25) is 4.79 Å². The average molecular weight is 227 g/mol. The molecule has 0 spiro atoms. The Hall–Kier alpha value is -1.02. The molecule has 0 aliphatic heterocycles. The van der Waals surface area contributed by atoms with Crippen molar-refractivity contribution in [2.75, 3.05) is 13.0 Å². The fourth-order valence-corrected chi connectivity index (χ4v) is 1.68. The Morgan fingerprint density at radius 3 is 2.60 bits per heavy atom. The minimum Gasteiger partial charge on any atom is -0.469 e. The van der Waals surface area contributed by atoms with Crippen molar-refractivity contribution in [3.8, 4) is 0 Å². The van der Waals surface area contributed by atoms with Gasteiger partial charge in [-0.15, -0.1) is 11.6 Å². The zero-order valence-corrected chi connectivity index (χ0v) is 9.54. The molecule has 1 atom stereocenters. The third-order valence-electron chi connectivity index (χ3n) is 2.31. The van der Waals surface area contributed by atoms with E-state index in [0.29, 0.717) is 5.88 Å². The van der Waals surface area contributed by atoms with Crippen LogP contribution in [0.15, 0.2) is 30.3 Å². The smallest absolute Gasteiger partial charge is 0.313 e. The molecule has 1 rings (SSSR count). The van der Waals surface area contributed by atoms with Crippen LogP contribution in [0, 0.1) is 0 Å². The first kappa shape index (κ1) is 12.1. The summed E-state index contributed by atoms with van der Waals surface area (Å²) in [6, 6.07) is 9.66. The van der Waals surface area contributed by atoms with Crippen LogP contribution in [0.1, 0.15) is 24.3 Å². The maximum absolute atomic E-state index is 11.6. The van der Waals surface area contributed by atoms with Crippen LogP contribution < -0.4 is 0 Å². The molecule has 0 radical (unpaired) electrons. The van der Waals surface area contributed by atoms with Gasteiger partial charge < -0.3 is 4.74 Å². The lowest BCUT2D eigenvalue weighted by molar-refractivity contribution is -0.142. The van der Waals surface area contributed by atoms with E-state index in [1.807, 2.05) is 30.3 Å². The van der Waals surface area contributed by atoms with Gasteiger partial charge in [0.1, 0.15) is 0 Å². The second kappa shape index (κ2) is 6.46. The van der Waals surface area contributed by atoms with Crippen molar-refractivity contribution < 1.29 is 9.53 Å². The average Bonchev–Trinajstić information content (AvgIpc) is 2.30. The first-order valence-corrected chi connectivity index (χ1v) is 5.51. The number of esters is 1. The lowest BCUT2D eigenvalue weighted by Crippen LogP contribution is -2.14. The van der Waals surface area contributed by atoms with E-state index in [9.17, 15) is 4.79 Å². The molecule has 0 bridgehead atoms. The Labute approximate surface area is 95.2 Å². The number of benzene rings is 1. The number of hydrogen-bond donors (Lipinski definition) is 0. The molecule has 0 fully saturated rings. The lowest BCUT2D eigenvalue weighted by atomic mass is 9.95. The summed E-state index contributed by atoms with van der Waals surface area (Å²) < 4.78 is 4.78. The zero-order chi connectivity index (χ0) is 11.1. The number of alkyl halides is 1. The summed E-state index contributed by atoms with van der Waals surface area (Å²) in [5.41, 5.74) is 0.995. The van der Waals surface area contributed by atoms with E-state index < -0.39 is 0 Å². The largest absolute Gasteiger partial charge is 0.469 e. The number of methoxy groups -OCH3 is 1. The predicted molar refractivity (Wildman–Crippen MR) is 61.2 cm³/mol. The number of carbonyl (C=O) groups is 1. The SMILES string of the molecule is COC(=O)C(CCCCl)c1ccccc1. The van der Waals surface area contributed by atoms with Crippen LogP contribution in [0.25, 0.3) is 0 Å². The van der Waals surface area contributed by atoms with Crippen molar-refractivity contribution >= 4 is 17.6 Å². The summed E-state index contributed by atoms with van der Waals surface area (Å²) in [6.07, 6.45) is 1.55. The Balaban J connectivity index is 2.76. The minimum atomic E-state index is -0.189. The van der Waals surface area contributed by atoms with E-state index in [0.717, 1.165) is 18.4 Å². The van der Waals surface area contributed by atoms with Gasteiger partial charge in [-0.1, -0.05) is 30.3 Å². The molecule has 2 nitrogen and oxygen atoms in total. The van der Waals surface area contributed by atoms with Gasteiger partial charge in [0.15, 0.2) is 0 Å². The standard InChI is InChI=1S/C12H15ClO2/c1-15-12(14)11(8-5-9-13)10-6-3-2-4-7-10/h2-4,6-7,11H,5,8-9H2,1H3. The van der Waals surface area contributed by atoms with Gasteiger partial charge in [0.2, 0.25) is 0 Å². The number of carbonyl (C=O) groups excluding carboxylic acids is 1. The summed E-state index contributed by atoms with van der Waals surface area (Å²) in [5, 5.41) is 0. The highest BCUT2D eigenvalue weighted by Crippen LogP contribution is 2.22. The van der Waals surface area contributed by atoms with Crippen molar-refractivity contribution in [3.63, 3.8) is 0 Å². The molecular weight excluding hydrogens is 212 g/mol. The zero-order valence-electron chi connectivity index (χ0n) is 8.78. The molecule has 0 amide bonds. The molecule has 0 saturated heterocycles. The molecule has 1 unspecified atom stereocenters. The monoisotopic (exact) mass is 226 g/mol. The van der Waals surface area contributed by atoms with Crippen molar-refractivity contribution in [3.05, 3.63) is 35.9 Å². The molecule has 0 aliphatic carbocycles. The topological polar surface area (TPSA) is 26.3 Å². The van der Waals surface area contributed by atoms with Gasteiger partial charge in [-0.25, -0.2) is 0 Å². The molecule has 1 aromatic carbocycles. The normalized spacial score (nSPS) is 12.1. The van der Waals surface area contributed by atoms with Crippen LogP contribution >= 0.6 is 11.6 Å². The molecule has 0 aliphatic rings. The summed E-state index contributed by atoms with van der Waals surface area (Å²) in [5.74, 6) is 0.196. The summed E-state index contributed by atoms with van der Waals surface area (Å²) in [6.45, 7) is 0. The van der Waals surface area contributed by atoms with Gasteiger partial charge in [-0.05, 0) is 18.4 Å². The quantitative estimate of drug-likeness (QED) is 0.570. The Bertz CT molecular complexity index is 298. The lowest BCUT2D eigenvalue weighted by Gasteiger charge is -2.13. The fourth-order valence-electron chi connectivity index (χ4n) is 1.53. The molecular formula is C12H15ClO2. The molecule has 0 N–H and O–H groups in total. The van der Waals surface area contributed by atoms with Gasteiger partial charge in [0, 0.05) is 5.88 Å². The van der Waals surface area contributed by atoms with Crippen molar-refractivity contribution in [1.29, 1.82) is 0 Å². The van der Waals surface area contributed by atoms with Crippen LogP contribution in [0.5, 0.6) is 0 Å². The molecule has 1 aromatic rings. The molecule has 0 saturated carbocycles. The van der Waals surface area contributed by atoms with Gasteiger partial charge in [0.05, 0.1) is 13.0 Å². The van der Waals surface area contributed by atoms with Gasteiger partial charge in [-0.2, -0.15) is 0 Å². The molecule has 15 heavy (non-hydrogen) atoms. The second-order valence-electron chi connectivity index (χ2n) is 3.32. The fraction of sp³-hybridized carbons (Fsp3) is 0.417.